The van der Waals surface area contributed by atoms with Crippen LogP contribution in [0.4, 0.5) is 0 Å². The first-order valence-corrected chi connectivity index (χ1v) is 4.98. The predicted octanol–water partition coefficient (Wildman–Crippen LogP) is 1.20. The normalized spacial score (nSPS) is 19.2. The molecule has 1 N–H and O–H groups in total. The van der Waals surface area contributed by atoms with Crippen molar-refractivity contribution < 1.29 is 0 Å². The molecule has 0 aromatic carbocycles. The summed E-state index contributed by atoms with van der Waals surface area (Å²) in [5.41, 5.74) is 2.54. The second kappa shape index (κ2) is 3.50. The minimum atomic E-state index is 0.715. The van der Waals surface area contributed by atoms with Crippen LogP contribution in [0.15, 0.2) is 6.07 Å². The van der Waals surface area contributed by atoms with Crippen molar-refractivity contribution in [1.82, 2.24) is 15.1 Å². The quantitative estimate of drug-likeness (QED) is 0.702. The number of hydrogen-bond donors (Lipinski definition) is 1. The highest BCUT2D eigenvalue weighted by Gasteiger charge is 2.18. The third kappa shape index (κ3) is 1.75. The molecule has 0 atom stereocenters. The summed E-state index contributed by atoms with van der Waals surface area (Å²) >= 11 is 0. The number of nitrogens with zero attached hydrogens (tertiary/aromatic N) is 2. The molecule has 72 valence electrons. The minimum absolute atomic E-state index is 0.715. The summed E-state index contributed by atoms with van der Waals surface area (Å²) in [6, 6.07) is 2.22. The first-order valence-electron chi connectivity index (χ1n) is 4.98. The van der Waals surface area contributed by atoms with Crippen molar-refractivity contribution in [2.45, 2.75) is 25.7 Å². The van der Waals surface area contributed by atoms with Crippen LogP contribution in [0.3, 0.4) is 0 Å². The third-order valence-corrected chi connectivity index (χ3v) is 2.80. The van der Waals surface area contributed by atoms with Gasteiger partial charge >= 0.3 is 0 Å². The van der Waals surface area contributed by atoms with E-state index in [1.807, 2.05) is 11.7 Å². The van der Waals surface area contributed by atoms with Crippen LogP contribution in [0.25, 0.3) is 0 Å². The van der Waals surface area contributed by atoms with E-state index >= 15 is 0 Å². The summed E-state index contributed by atoms with van der Waals surface area (Å²) in [6.45, 7) is 4.36. The lowest BCUT2D eigenvalue weighted by Gasteiger charge is -2.22. The maximum absolute atomic E-state index is 4.38. The van der Waals surface area contributed by atoms with Crippen LogP contribution in [0.1, 0.15) is 30.1 Å². The van der Waals surface area contributed by atoms with E-state index in [1.165, 1.54) is 18.5 Å². The Morgan fingerprint density at radius 1 is 1.46 bits per heavy atom. The molecule has 3 heteroatoms. The Hall–Kier alpha value is -0.830. The van der Waals surface area contributed by atoms with Gasteiger partial charge in [0.15, 0.2) is 0 Å². The van der Waals surface area contributed by atoms with Crippen molar-refractivity contribution in [3.8, 4) is 0 Å². The summed E-state index contributed by atoms with van der Waals surface area (Å²) in [4.78, 5) is 0. The van der Waals surface area contributed by atoms with E-state index in [0.717, 1.165) is 18.8 Å². The second-order valence-corrected chi connectivity index (χ2v) is 3.86. The lowest BCUT2D eigenvalue weighted by Crippen LogP contribution is -2.27. The highest BCUT2D eigenvalue weighted by molar-refractivity contribution is 5.14. The minimum Gasteiger partial charge on any atom is -0.317 e. The van der Waals surface area contributed by atoms with Gasteiger partial charge in [0.2, 0.25) is 0 Å². The van der Waals surface area contributed by atoms with Crippen molar-refractivity contribution in [2.75, 3.05) is 13.1 Å². The second-order valence-electron chi connectivity index (χ2n) is 3.86. The molecule has 1 aliphatic rings. The van der Waals surface area contributed by atoms with Gasteiger partial charge in [-0.25, -0.2) is 0 Å². The van der Waals surface area contributed by atoms with Gasteiger partial charge in [-0.2, -0.15) is 5.10 Å². The summed E-state index contributed by atoms with van der Waals surface area (Å²) in [5.74, 6) is 0.715. The molecule has 1 aliphatic heterocycles. The van der Waals surface area contributed by atoms with E-state index in [4.69, 9.17) is 0 Å². The Morgan fingerprint density at radius 2 is 2.15 bits per heavy atom. The molecular weight excluding hydrogens is 162 g/mol. The molecule has 0 amide bonds. The Labute approximate surface area is 79.1 Å². The summed E-state index contributed by atoms with van der Waals surface area (Å²) in [5, 5.41) is 7.76. The van der Waals surface area contributed by atoms with Gasteiger partial charge in [-0.15, -0.1) is 0 Å². The monoisotopic (exact) mass is 179 g/mol. The zero-order valence-corrected chi connectivity index (χ0v) is 8.38. The van der Waals surface area contributed by atoms with Crippen LogP contribution in [0.5, 0.6) is 0 Å². The van der Waals surface area contributed by atoms with E-state index in [-0.39, 0.29) is 0 Å². The van der Waals surface area contributed by atoms with E-state index in [0.29, 0.717) is 5.92 Å². The molecule has 0 bridgehead atoms. The van der Waals surface area contributed by atoms with Crippen LogP contribution in [-0.4, -0.2) is 22.9 Å². The number of hydrogen-bond acceptors (Lipinski definition) is 2. The maximum Gasteiger partial charge on any atom is 0.0596 e. The number of aryl methyl sites for hydroxylation is 2. The van der Waals surface area contributed by atoms with Gasteiger partial charge < -0.3 is 5.32 Å². The van der Waals surface area contributed by atoms with Crippen LogP contribution < -0.4 is 5.32 Å². The molecule has 0 radical (unpaired) electrons. The lowest BCUT2D eigenvalue weighted by atomic mass is 9.94. The smallest absolute Gasteiger partial charge is 0.0596 e. The van der Waals surface area contributed by atoms with Gasteiger partial charge in [0.05, 0.1) is 5.69 Å². The first kappa shape index (κ1) is 8.75. The highest BCUT2D eigenvalue weighted by Crippen LogP contribution is 2.24. The highest BCUT2D eigenvalue weighted by atomic mass is 15.3. The molecule has 0 unspecified atom stereocenters. The Bertz CT molecular complexity index is 284. The Balaban J connectivity index is 2.18. The van der Waals surface area contributed by atoms with E-state index in [1.54, 1.807) is 0 Å². The molecule has 1 aromatic heterocycles. The molecule has 1 fully saturated rings. The number of rotatable bonds is 1. The van der Waals surface area contributed by atoms with Crippen LogP contribution in [0, 0.1) is 6.92 Å². The fourth-order valence-corrected chi connectivity index (χ4v) is 2.13. The van der Waals surface area contributed by atoms with E-state index in [2.05, 4.69) is 23.4 Å². The standard InChI is InChI=1S/C10H17N3/c1-8-7-10(13(2)12-8)9-3-5-11-6-4-9/h7,9,11H,3-6H2,1-2H3. The SMILES string of the molecule is Cc1cc(C2CCNCC2)n(C)n1. The fourth-order valence-electron chi connectivity index (χ4n) is 2.13. The van der Waals surface area contributed by atoms with Crippen molar-refractivity contribution >= 4 is 0 Å². The van der Waals surface area contributed by atoms with Crippen molar-refractivity contribution in [3.05, 3.63) is 17.5 Å². The maximum atomic E-state index is 4.38. The molecule has 0 spiro atoms. The zero-order chi connectivity index (χ0) is 9.26. The molecule has 1 saturated heterocycles. The average Bonchev–Trinajstić information content (AvgIpc) is 2.47. The third-order valence-electron chi connectivity index (χ3n) is 2.80. The van der Waals surface area contributed by atoms with Crippen LogP contribution in [0.2, 0.25) is 0 Å². The van der Waals surface area contributed by atoms with Crippen LogP contribution >= 0.6 is 0 Å². The average molecular weight is 179 g/mol. The predicted molar refractivity (Wildman–Crippen MR) is 52.8 cm³/mol. The molecule has 3 nitrogen and oxygen atoms in total. The van der Waals surface area contributed by atoms with E-state index in [9.17, 15) is 0 Å². The largest absolute Gasteiger partial charge is 0.317 e. The summed E-state index contributed by atoms with van der Waals surface area (Å²) < 4.78 is 2.03. The molecular formula is C10H17N3. The van der Waals surface area contributed by atoms with Crippen molar-refractivity contribution in [2.24, 2.45) is 7.05 Å². The first-order chi connectivity index (χ1) is 6.27. The Kier molecular flexibility index (Phi) is 2.36. The number of piperidine rings is 1. The van der Waals surface area contributed by atoms with Gasteiger partial charge in [-0.05, 0) is 38.9 Å². The molecule has 0 aliphatic carbocycles. The van der Waals surface area contributed by atoms with Crippen molar-refractivity contribution in [1.29, 1.82) is 0 Å². The van der Waals surface area contributed by atoms with Crippen LogP contribution in [-0.2, 0) is 7.05 Å². The van der Waals surface area contributed by atoms with E-state index < -0.39 is 0 Å². The number of aromatic nitrogens is 2. The lowest BCUT2D eigenvalue weighted by molar-refractivity contribution is 0.440. The summed E-state index contributed by atoms with van der Waals surface area (Å²) in [6.07, 6.45) is 2.50. The Morgan fingerprint density at radius 3 is 2.69 bits per heavy atom. The van der Waals surface area contributed by atoms with Gasteiger partial charge in [0, 0.05) is 18.7 Å². The summed E-state index contributed by atoms with van der Waals surface area (Å²) in [7, 11) is 2.05. The molecule has 2 heterocycles. The van der Waals surface area contributed by atoms with Gasteiger partial charge in [0.1, 0.15) is 0 Å². The molecule has 13 heavy (non-hydrogen) atoms. The van der Waals surface area contributed by atoms with Gasteiger partial charge in [-0.3, -0.25) is 4.68 Å². The number of nitrogens with one attached hydrogen (secondary N) is 1. The van der Waals surface area contributed by atoms with Gasteiger partial charge in [-0.1, -0.05) is 0 Å². The molecule has 0 saturated carbocycles. The topological polar surface area (TPSA) is 29.9 Å². The molecule has 2 rings (SSSR count). The van der Waals surface area contributed by atoms with Gasteiger partial charge in [0.25, 0.3) is 0 Å². The molecule has 1 aromatic rings. The fraction of sp³-hybridized carbons (Fsp3) is 0.700. The zero-order valence-electron chi connectivity index (χ0n) is 8.38. The van der Waals surface area contributed by atoms with Crippen molar-refractivity contribution in [3.63, 3.8) is 0 Å².